The number of rotatable bonds is 9. The van der Waals surface area contributed by atoms with Crippen molar-refractivity contribution in [3.8, 4) is 5.75 Å². The van der Waals surface area contributed by atoms with Gasteiger partial charge in [0.2, 0.25) is 10.0 Å². The van der Waals surface area contributed by atoms with Gasteiger partial charge < -0.3 is 10.1 Å². The lowest BCUT2D eigenvalue weighted by Gasteiger charge is -2.16. The summed E-state index contributed by atoms with van der Waals surface area (Å²) in [4.78, 5) is 0. The normalized spacial score (nSPS) is 16.0. The van der Waals surface area contributed by atoms with Crippen LogP contribution in [-0.2, 0) is 16.6 Å². The molecule has 1 fully saturated rings. The summed E-state index contributed by atoms with van der Waals surface area (Å²) < 4.78 is 30.5. The van der Waals surface area contributed by atoms with Crippen LogP contribution >= 0.6 is 0 Å². The zero-order valence-corrected chi connectivity index (χ0v) is 14.0. The fourth-order valence-corrected chi connectivity index (χ4v) is 3.16. The van der Waals surface area contributed by atoms with Crippen molar-refractivity contribution in [2.24, 2.45) is 0 Å². The summed E-state index contributed by atoms with van der Waals surface area (Å²) in [5.41, 5.74) is 1.16. The molecule has 1 aliphatic carbocycles. The molecule has 0 unspecified atom stereocenters. The molecule has 0 aliphatic heterocycles. The number of sulfonamides is 1. The van der Waals surface area contributed by atoms with E-state index < -0.39 is 10.0 Å². The van der Waals surface area contributed by atoms with Crippen molar-refractivity contribution in [3.63, 3.8) is 0 Å². The Kier molecular flexibility index (Phi) is 6.67. The maximum Gasteiger partial charge on any atom is 0.208 e. The Morgan fingerprint density at radius 1 is 1.18 bits per heavy atom. The summed E-state index contributed by atoms with van der Waals surface area (Å²) in [6, 6.07) is 8.13. The molecule has 0 amide bonds. The summed E-state index contributed by atoms with van der Waals surface area (Å²) in [6.07, 6.45) is 7.13. The van der Waals surface area contributed by atoms with Crippen LogP contribution in [0.3, 0.4) is 0 Å². The van der Waals surface area contributed by atoms with Gasteiger partial charge in [-0.3, -0.25) is 0 Å². The van der Waals surface area contributed by atoms with Gasteiger partial charge >= 0.3 is 0 Å². The van der Waals surface area contributed by atoms with Gasteiger partial charge in [0.1, 0.15) is 5.75 Å². The molecule has 1 aliphatic rings. The van der Waals surface area contributed by atoms with Gasteiger partial charge in [-0.1, -0.05) is 18.2 Å². The van der Waals surface area contributed by atoms with Crippen molar-refractivity contribution < 1.29 is 13.2 Å². The van der Waals surface area contributed by atoms with E-state index in [0.29, 0.717) is 12.6 Å². The minimum absolute atomic E-state index is 0.361. The first-order valence-corrected chi connectivity index (χ1v) is 9.84. The first-order valence-electron chi connectivity index (χ1n) is 7.94. The maximum absolute atomic E-state index is 10.9. The fraction of sp³-hybridized carbons (Fsp3) is 0.625. The molecule has 22 heavy (non-hydrogen) atoms. The minimum atomic E-state index is -3.08. The first kappa shape index (κ1) is 17.2. The highest BCUT2D eigenvalue weighted by Gasteiger charge is 2.17. The van der Waals surface area contributed by atoms with Gasteiger partial charge in [-0.15, -0.1) is 0 Å². The highest BCUT2D eigenvalue weighted by atomic mass is 32.2. The standard InChI is InChI=1S/C16H26N2O3S/c1-22(19,20)18-12-6-11-17-13-14-7-2-5-10-16(14)21-15-8-3-4-9-15/h2,5,7,10,15,17-18H,3-4,6,8-9,11-13H2,1H3. The summed E-state index contributed by atoms with van der Waals surface area (Å²) >= 11 is 0. The van der Waals surface area contributed by atoms with Gasteiger partial charge in [0, 0.05) is 18.7 Å². The van der Waals surface area contributed by atoms with Crippen LogP contribution in [0.4, 0.5) is 0 Å². The number of nitrogens with one attached hydrogen (secondary N) is 2. The molecule has 2 N–H and O–H groups in total. The van der Waals surface area contributed by atoms with E-state index in [1.807, 2.05) is 18.2 Å². The zero-order valence-electron chi connectivity index (χ0n) is 13.2. The van der Waals surface area contributed by atoms with E-state index in [9.17, 15) is 8.42 Å². The maximum atomic E-state index is 10.9. The van der Waals surface area contributed by atoms with Crippen molar-refractivity contribution in [2.45, 2.75) is 44.8 Å². The molecule has 5 nitrogen and oxygen atoms in total. The zero-order chi connectivity index (χ0) is 15.8. The van der Waals surface area contributed by atoms with Crippen molar-refractivity contribution in [1.29, 1.82) is 0 Å². The summed E-state index contributed by atoms with van der Waals surface area (Å²) in [5, 5.41) is 3.34. The third-order valence-corrected chi connectivity index (χ3v) is 4.51. The van der Waals surface area contributed by atoms with Crippen LogP contribution in [0.25, 0.3) is 0 Å². The van der Waals surface area contributed by atoms with Gasteiger partial charge in [-0.25, -0.2) is 13.1 Å². The molecular formula is C16H26N2O3S. The van der Waals surface area contributed by atoms with Gasteiger partial charge in [-0.05, 0) is 44.7 Å². The Bertz CT molecular complexity index is 554. The van der Waals surface area contributed by atoms with Crippen molar-refractivity contribution in [3.05, 3.63) is 29.8 Å². The largest absolute Gasteiger partial charge is 0.490 e. The second kappa shape index (κ2) is 8.50. The highest BCUT2D eigenvalue weighted by Crippen LogP contribution is 2.26. The molecule has 1 aromatic rings. The van der Waals surface area contributed by atoms with Gasteiger partial charge in [0.25, 0.3) is 0 Å². The molecule has 2 rings (SSSR count). The van der Waals surface area contributed by atoms with E-state index in [4.69, 9.17) is 4.74 Å². The quantitative estimate of drug-likeness (QED) is 0.682. The Balaban J connectivity index is 1.73. The molecule has 6 heteroatoms. The van der Waals surface area contributed by atoms with E-state index >= 15 is 0 Å². The molecule has 0 atom stereocenters. The van der Waals surface area contributed by atoms with E-state index in [0.717, 1.165) is 43.7 Å². The number of ether oxygens (including phenoxy) is 1. The first-order chi connectivity index (χ1) is 10.5. The highest BCUT2D eigenvalue weighted by molar-refractivity contribution is 7.88. The SMILES string of the molecule is CS(=O)(=O)NCCCNCc1ccccc1OC1CCCC1. The van der Waals surface area contributed by atoms with Crippen LogP contribution in [-0.4, -0.2) is 33.9 Å². The molecule has 0 saturated heterocycles. The molecule has 0 heterocycles. The number of benzene rings is 1. The van der Waals surface area contributed by atoms with E-state index in [1.165, 1.54) is 19.1 Å². The van der Waals surface area contributed by atoms with Gasteiger partial charge in [-0.2, -0.15) is 0 Å². The Labute approximate surface area is 133 Å². The summed E-state index contributed by atoms with van der Waals surface area (Å²) in [7, 11) is -3.08. The van der Waals surface area contributed by atoms with Crippen LogP contribution in [0.15, 0.2) is 24.3 Å². The molecule has 0 spiro atoms. The van der Waals surface area contributed by atoms with Crippen LogP contribution < -0.4 is 14.8 Å². The third-order valence-electron chi connectivity index (χ3n) is 3.78. The molecule has 1 aromatic carbocycles. The Morgan fingerprint density at radius 2 is 1.91 bits per heavy atom. The van der Waals surface area contributed by atoms with Gasteiger partial charge in [0.15, 0.2) is 0 Å². The van der Waals surface area contributed by atoms with Crippen LogP contribution in [0.1, 0.15) is 37.7 Å². The summed E-state index contributed by atoms with van der Waals surface area (Å²) in [5.74, 6) is 0.969. The average molecular weight is 326 g/mol. The van der Waals surface area contributed by atoms with Crippen molar-refractivity contribution >= 4 is 10.0 Å². The smallest absolute Gasteiger partial charge is 0.208 e. The lowest BCUT2D eigenvalue weighted by Crippen LogP contribution is -2.26. The lowest BCUT2D eigenvalue weighted by atomic mass is 10.2. The predicted octanol–water partition coefficient (Wildman–Crippen LogP) is 2.04. The van der Waals surface area contributed by atoms with Gasteiger partial charge in [0.05, 0.1) is 12.4 Å². The van der Waals surface area contributed by atoms with E-state index in [2.05, 4.69) is 16.1 Å². The van der Waals surface area contributed by atoms with Crippen LogP contribution in [0, 0.1) is 0 Å². The van der Waals surface area contributed by atoms with Crippen molar-refractivity contribution in [1.82, 2.24) is 10.0 Å². The average Bonchev–Trinajstić information content (AvgIpc) is 2.96. The Morgan fingerprint density at radius 3 is 2.64 bits per heavy atom. The number of hydrogen-bond acceptors (Lipinski definition) is 4. The second-order valence-corrected chi connectivity index (χ2v) is 7.66. The van der Waals surface area contributed by atoms with E-state index in [-0.39, 0.29) is 0 Å². The monoisotopic (exact) mass is 326 g/mol. The predicted molar refractivity (Wildman–Crippen MR) is 88.5 cm³/mol. The van der Waals surface area contributed by atoms with Crippen LogP contribution in [0.5, 0.6) is 5.75 Å². The van der Waals surface area contributed by atoms with E-state index in [1.54, 1.807) is 0 Å². The summed E-state index contributed by atoms with van der Waals surface area (Å²) in [6.45, 7) is 1.97. The molecule has 124 valence electrons. The molecule has 1 saturated carbocycles. The van der Waals surface area contributed by atoms with Crippen molar-refractivity contribution in [2.75, 3.05) is 19.3 Å². The third kappa shape index (κ3) is 6.34. The molecular weight excluding hydrogens is 300 g/mol. The second-order valence-electron chi connectivity index (χ2n) is 5.83. The number of para-hydroxylation sites is 1. The molecule has 0 aromatic heterocycles. The molecule has 0 bridgehead atoms. The minimum Gasteiger partial charge on any atom is -0.490 e. The fourth-order valence-electron chi connectivity index (χ4n) is 2.64. The number of hydrogen-bond donors (Lipinski definition) is 2. The van der Waals surface area contributed by atoms with Crippen LogP contribution in [0.2, 0.25) is 0 Å². The molecule has 0 radical (unpaired) electrons. The Hall–Kier alpha value is -1.11. The topological polar surface area (TPSA) is 67.4 Å². The lowest BCUT2D eigenvalue weighted by molar-refractivity contribution is 0.207.